The highest BCUT2D eigenvalue weighted by atomic mass is 19.2. The topological polar surface area (TPSA) is 106 Å². The first-order valence-electron chi connectivity index (χ1n) is 7.72. The highest BCUT2D eigenvalue weighted by Crippen LogP contribution is 2.34. The van der Waals surface area contributed by atoms with E-state index in [9.17, 15) is 33.4 Å². The molecule has 2 N–H and O–H groups in total. The van der Waals surface area contributed by atoms with Crippen molar-refractivity contribution in [2.75, 3.05) is 7.11 Å². The van der Waals surface area contributed by atoms with Gasteiger partial charge in [0.2, 0.25) is 11.2 Å². The number of hydrogen-bond acceptors (Lipinski definition) is 4. The summed E-state index contributed by atoms with van der Waals surface area (Å²) < 4.78 is 33.8. The summed E-state index contributed by atoms with van der Waals surface area (Å²) in [4.78, 5) is 35.6. The van der Waals surface area contributed by atoms with Gasteiger partial charge in [0.05, 0.1) is 18.0 Å². The highest BCUT2D eigenvalue weighted by Gasteiger charge is 2.31. The maximum Gasteiger partial charge on any atom is 0.341 e. The number of nitrogens with zero attached hydrogens (tertiary/aromatic N) is 1. The van der Waals surface area contributed by atoms with E-state index in [0.29, 0.717) is 12.5 Å². The van der Waals surface area contributed by atoms with Gasteiger partial charge in [-0.2, -0.15) is 4.39 Å². The van der Waals surface area contributed by atoms with Crippen molar-refractivity contribution in [3.8, 4) is 5.75 Å². The molecule has 0 fully saturated rings. The monoisotopic (exact) mass is 369 g/mol. The third-order valence-corrected chi connectivity index (χ3v) is 4.34. The Bertz CT molecular complexity index is 953. The zero-order chi connectivity index (χ0) is 19.8. The molecule has 2 atom stereocenters. The van der Waals surface area contributed by atoms with Gasteiger partial charge in [-0.25, -0.2) is 14.0 Å². The lowest BCUT2D eigenvalue weighted by molar-refractivity contribution is -0.142. The Hall–Kier alpha value is -2.97. The number of methoxy groups -OCH3 is 1. The minimum atomic E-state index is -1.61. The Labute approximate surface area is 146 Å². The molecule has 0 saturated heterocycles. The number of rotatable bonds is 6. The summed E-state index contributed by atoms with van der Waals surface area (Å²) in [5.74, 6) is -6.89. The van der Waals surface area contributed by atoms with Crippen LogP contribution in [-0.2, 0) is 4.79 Å². The second-order valence-electron chi connectivity index (χ2n) is 5.85. The Morgan fingerprint density at radius 2 is 1.92 bits per heavy atom. The van der Waals surface area contributed by atoms with Crippen molar-refractivity contribution in [2.24, 2.45) is 5.92 Å². The second kappa shape index (κ2) is 7.11. The third kappa shape index (κ3) is 3.00. The molecule has 1 aromatic carbocycles. The van der Waals surface area contributed by atoms with Crippen molar-refractivity contribution in [1.29, 1.82) is 0 Å². The van der Waals surface area contributed by atoms with Crippen LogP contribution in [0.5, 0.6) is 5.75 Å². The van der Waals surface area contributed by atoms with Crippen molar-refractivity contribution >= 4 is 22.8 Å². The summed E-state index contributed by atoms with van der Waals surface area (Å²) >= 11 is 0. The maximum absolute atomic E-state index is 14.2. The number of benzene rings is 1. The van der Waals surface area contributed by atoms with Crippen molar-refractivity contribution in [2.45, 2.75) is 26.3 Å². The molecule has 2 unspecified atom stereocenters. The molecular weight excluding hydrogens is 352 g/mol. The average molecular weight is 369 g/mol. The van der Waals surface area contributed by atoms with Gasteiger partial charge in [-0.3, -0.25) is 4.79 Å². The van der Waals surface area contributed by atoms with E-state index in [-0.39, 0.29) is 5.52 Å². The molecule has 0 amide bonds. The van der Waals surface area contributed by atoms with Gasteiger partial charge in [0.25, 0.3) is 0 Å². The van der Waals surface area contributed by atoms with Gasteiger partial charge < -0.3 is 19.5 Å². The molecule has 0 aliphatic heterocycles. The minimum Gasteiger partial charge on any atom is -0.491 e. The molecule has 2 aromatic rings. The average Bonchev–Trinajstić information content (AvgIpc) is 2.58. The summed E-state index contributed by atoms with van der Waals surface area (Å²) in [5, 5.41) is 18.4. The first kappa shape index (κ1) is 19.4. The van der Waals surface area contributed by atoms with Crippen LogP contribution in [0, 0.1) is 17.6 Å². The van der Waals surface area contributed by atoms with E-state index in [4.69, 9.17) is 4.74 Å². The quantitative estimate of drug-likeness (QED) is 0.811. The molecule has 140 valence electrons. The van der Waals surface area contributed by atoms with Crippen molar-refractivity contribution in [3.63, 3.8) is 0 Å². The van der Waals surface area contributed by atoms with Crippen LogP contribution in [0.1, 0.15) is 36.7 Å². The SMILES string of the molecule is CCC(C)C(C(=O)O)n1cc(C(=O)O)c(=O)c2cc(F)c(F)c(OC)c21. The van der Waals surface area contributed by atoms with Crippen LogP contribution in [-0.4, -0.2) is 33.8 Å². The van der Waals surface area contributed by atoms with Gasteiger partial charge in [0.1, 0.15) is 11.6 Å². The van der Waals surface area contributed by atoms with E-state index in [1.165, 1.54) is 0 Å². The molecule has 0 bridgehead atoms. The second-order valence-corrected chi connectivity index (χ2v) is 5.85. The molecule has 1 heterocycles. The van der Waals surface area contributed by atoms with Gasteiger partial charge in [-0.15, -0.1) is 0 Å². The van der Waals surface area contributed by atoms with Crippen LogP contribution >= 0.6 is 0 Å². The lowest BCUT2D eigenvalue weighted by atomic mass is 9.97. The maximum atomic E-state index is 14.2. The fraction of sp³-hybridized carbons (Fsp3) is 0.353. The summed E-state index contributed by atoms with van der Waals surface area (Å²) in [6.07, 6.45) is 1.23. The van der Waals surface area contributed by atoms with E-state index in [1.807, 2.05) is 0 Å². The summed E-state index contributed by atoms with van der Waals surface area (Å²) in [6, 6.07) is -0.770. The molecular formula is C17H17F2NO6. The van der Waals surface area contributed by atoms with Gasteiger partial charge in [-0.05, 0) is 12.0 Å². The number of carboxylic acid groups (broad SMARTS) is 2. The largest absolute Gasteiger partial charge is 0.491 e. The minimum absolute atomic E-state index is 0.311. The van der Waals surface area contributed by atoms with Crippen molar-refractivity contribution < 1.29 is 33.3 Å². The van der Waals surface area contributed by atoms with Crippen LogP contribution in [0.2, 0.25) is 0 Å². The Balaban J connectivity index is 3.11. The van der Waals surface area contributed by atoms with Gasteiger partial charge in [0, 0.05) is 6.20 Å². The van der Waals surface area contributed by atoms with Crippen LogP contribution < -0.4 is 10.2 Å². The van der Waals surface area contributed by atoms with E-state index in [2.05, 4.69) is 0 Å². The lowest BCUT2D eigenvalue weighted by Gasteiger charge is -2.25. The number of pyridine rings is 1. The number of carboxylic acids is 2. The molecule has 0 aliphatic rings. The van der Waals surface area contributed by atoms with Crippen LogP contribution in [0.3, 0.4) is 0 Å². The van der Waals surface area contributed by atoms with Gasteiger partial charge >= 0.3 is 11.9 Å². The fourth-order valence-electron chi connectivity index (χ4n) is 2.85. The van der Waals surface area contributed by atoms with Crippen molar-refractivity contribution in [1.82, 2.24) is 4.57 Å². The normalized spacial score (nSPS) is 13.4. The number of halogens is 2. The lowest BCUT2D eigenvalue weighted by Crippen LogP contribution is -2.29. The molecule has 26 heavy (non-hydrogen) atoms. The van der Waals surface area contributed by atoms with E-state index >= 15 is 0 Å². The number of carbonyl (C=O) groups is 2. The van der Waals surface area contributed by atoms with Crippen LogP contribution in [0.4, 0.5) is 8.78 Å². The summed E-state index contributed by atoms with van der Waals surface area (Å²) in [6.45, 7) is 3.33. The molecule has 0 spiro atoms. The number of aromatic carboxylic acids is 1. The number of aliphatic carboxylic acids is 1. The highest BCUT2D eigenvalue weighted by molar-refractivity contribution is 5.95. The first-order chi connectivity index (χ1) is 12.1. The number of ether oxygens (including phenoxy) is 1. The molecule has 0 aliphatic carbocycles. The number of hydrogen-bond donors (Lipinski definition) is 2. The zero-order valence-corrected chi connectivity index (χ0v) is 14.2. The van der Waals surface area contributed by atoms with Gasteiger partial charge in [-0.1, -0.05) is 20.3 Å². The Kier molecular flexibility index (Phi) is 5.29. The van der Waals surface area contributed by atoms with E-state index in [0.717, 1.165) is 17.9 Å². The van der Waals surface area contributed by atoms with Crippen LogP contribution in [0.25, 0.3) is 10.9 Å². The number of fused-ring (bicyclic) bond motifs is 1. The Morgan fingerprint density at radius 1 is 1.31 bits per heavy atom. The fourth-order valence-corrected chi connectivity index (χ4v) is 2.85. The number of aromatic nitrogens is 1. The van der Waals surface area contributed by atoms with E-state index < -0.39 is 57.7 Å². The smallest absolute Gasteiger partial charge is 0.341 e. The third-order valence-electron chi connectivity index (χ3n) is 4.34. The molecule has 0 radical (unpaired) electrons. The molecule has 1 aromatic heterocycles. The first-order valence-corrected chi connectivity index (χ1v) is 7.72. The summed E-state index contributed by atoms with van der Waals surface area (Å²) in [5.41, 5.74) is -2.12. The molecule has 2 rings (SSSR count). The molecule has 9 heteroatoms. The predicted octanol–water partition coefficient (Wildman–Crippen LogP) is 2.66. The standard InChI is InChI=1S/C17H17F2NO6/c1-4-7(2)12(17(24)25)20-6-9(16(22)23)14(21)8-5-10(18)11(19)15(26-3)13(8)20/h5-7,12H,4H2,1-3H3,(H,22,23)(H,24,25). The Morgan fingerprint density at radius 3 is 2.38 bits per heavy atom. The molecule has 7 nitrogen and oxygen atoms in total. The van der Waals surface area contributed by atoms with Crippen molar-refractivity contribution in [3.05, 3.63) is 39.7 Å². The molecule has 0 saturated carbocycles. The van der Waals surface area contributed by atoms with Crippen LogP contribution in [0.15, 0.2) is 17.1 Å². The van der Waals surface area contributed by atoms with E-state index in [1.54, 1.807) is 13.8 Å². The summed E-state index contributed by atoms with van der Waals surface area (Å²) in [7, 11) is 1.04. The predicted molar refractivity (Wildman–Crippen MR) is 87.8 cm³/mol. The van der Waals surface area contributed by atoms with Gasteiger partial charge in [0.15, 0.2) is 11.6 Å². The zero-order valence-electron chi connectivity index (χ0n) is 14.2.